The summed E-state index contributed by atoms with van der Waals surface area (Å²) in [5, 5.41) is 19.3. The van der Waals surface area contributed by atoms with Crippen molar-refractivity contribution in [1.82, 2.24) is 0 Å². The Morgan fingerprint density at radius 1 is 0.944 bits per heavy atom. The standard InChI is InChI=1S/C15H15FO2/c16-13-6-4-11(5-7-13)8-15(18)10-12-2-1-3-14(17)9-12/h1-7,9,15,17-18H,8,10H2. The molecule has 0 aliphatic carbocycles. The number of aliphatic hydroxyl groups excluding tert-OH is 1. The second-order valence-electron chi connectivity index (χ2n) is 4.36. The summed E-state index contributed by atoms with van der Waals surface area (Å²) in [4.78, 5) is 0. The Morgan fingerprint density at radius 3 is 2.28 bits per heavy atom. The predicted octanol–water partition coefficient (Wildman–Crippen LogP) is 2.68. The second kappa shape index (κ2) is 5.65. The number of hydrogen-bond acceptors (Lipinski definition) is 2. The maximum atomic E-state index is 12.7. The van der Waals surface area contributed by atoms with Gasteiger partial charge in [0, 0.05) is 0 Å². The van der Waals surface area contributed by atoms with Crippen LogP contribution in [0.5, 0.6) is 5.75 Å². The summed E-state index contributed by atoms with van der Waals surface area (Å²) in [5.74, 6) is -0.0808. The number of phenols is 1. The van der Waals surface area contributed by atoms with Gasteiger partial charge >= 0.3 is 0 Å². The highest BCUT2D eigenvalue weighted by Crippen LogP contribution is 2.14. The highest BCUT2D eigenvalue weighted by molar-refractivity contribution is 5.28. The molecular weight excluding hydrogens is 231 g/mol. The summed E-state index contributed by atoms with van der Waals surface area (Å²) in [6, 6.07) is 12.9. The molecule has 0 heterocycles. The maximum absolute atomic E-state index is 12.7. The molecule has 18 heavy (non-hydrogen) atoms. The lowest BCUT2D eigenvalue weighted by atomic mass is 10.0. The molecule has 94 valence electrons. The van der Waals surface area contributed by atoms with Crippen LogP contribution in [0.15, 0.2) is 48.5 Å². The molecule has 0 aromatic heterocycles. The predicted molar refractivity (Wildman–Crippen MR) is 67.9 cm³/mol. The number of rotatable bonds is 4. The van der Waals surface area contributed by atoms with Crippen LogP contribution in [0.2, 0.25) is 0 Å². The smallest absolute Gasteiger partial charge is 0.123 e. The van der Waals surface area contributed by atoms with E-state index in [0.717, 1.165) is 11.1 Å². The first kappa shape index (κ1) is 12.6. The number of phenolic OH excluding ortho intramolecular Hbond substituents is 1. The number of halogens is 1. The molecule has 2 aromatic carbocycles. The number of aliphatic hydroxyl groups is 1. The lowest BCUT2D eigenvalue weighted by molar-refractivity contribution is 0.175. The van der Waals surface area contributed by atoms with Crippen molar-refractivity contribution < 1.29 is 14.6 Å². The van der Waals surface area contributed by atoms with E-state index in [1.807, 2.05) is 6.07 Å². The number of hydrogen-bond donors (Lipinski definition) is 2. The van der Waals surface area contributed by atoms with E-state index in [1.165, 1.54) is 12.1 Å². The van der Waals surface area contributed by atoms with Crippen LogP contribution in [0.3, 0.4) is 0 Å². The van der Waals surface area contributed by atoms with E-state index in [-0.39, 0.29) is 11.6 Å². The molecule has 0 saturated heterocycles. The first-order valence-electron chi connectivity index (χ1n) is 5.84. The van der Waals surface area contributed by atoms with E-state index < -0.39 is 6.10 Å². The largest absolute Gasteiger partial charge is 0.508 e. The molecule has 1 unspecified atom stereocenters. The molecular formula is C15H15FO2. The zero-order chi connectivity index (χ0) is 13.0. The minimum Gasteiger partial charge on any atom is -0.508 e. The first-order valence-corrected chi connectivity index (χ1v) is 5.84. The SMILES string of the molecule is Oc1cccc(CC(O)Cc2ccc(F)cc2)c1. The Hall–Kier alpha value is -1.87. The van der Waals surface area contributed by atoms with Crippen LogP contribution >= 0.6 is 0 Å². The fourth-order valence-electron chi connectivity index (χ4n) is 1.92. The number of aromatic hydroxyl groups is 1. The maximum Gasteiger partial charge on any atom is 0.123 e. The normalized spacial score (nSPS) is 12.3. The third-order valence-corrected chi connectivity index (χ3v) is 2.77. The molecule has 0 spiro atoms. The van der Waals surface area contributed by atoms with Gasteiger partial charge in [-0.2, -0.15) is 0 Å². The summed E-state index contributed by atoms with van der Waals surface area (Å²) >= 11 is 0. The van der Waals surface area contributed by atoms with E-state index in [4.69, 9.17) is 0 Å². The quantitative estimate of drug-likeness (QED) is 0.870. The van der Waals surface area contributed by atoms with Gasteiger partial charge in [0.25, 0.3) is 0 Å². The molecule has 2 nitrogen and oxygen atoms in total. The monoisotopic (exact) mass is 246 g/mol. The van der Waals surface area contributed by atoms with Crippen LogP contribution in [0, 0.1) is 5.82 Å². The van der Waals surface area contributed by atoms with Crippen molar-refractivity contribution in [3.63, 3.8) is 0 Å². The molecule has 3 heteroatoms. The van der Waals surface area contributed by atoms with Gasteiger partial charge in [-0.3, -0.25) is 0 Å². The molecule has 0 fully saturated rings. The molecule has 2 aromatic rings. The van der Waals surface area contributed by atoms with Crippen LogP contribution in [0.25, 0.3) is 0 Å². The van der Waals surface area contributed by atoms with E-state index in [2.05, 4.69) is 0 Å². The Balaban J connectivity index is 1.96. The van der Waals surface area contributed by atoms with Crippen molar-refractivity contribution in [3.8, 4) is 5.75 Å². The van der Waals surface area contributed by atoms with Gasteiger partial charge in [-0.1, -0.05) is 24.3 Å². The third kappa shape index (κ3) is 3.57. The van der Waals surface area contributed by atoms with Gasteiger partial charge in [0.05, 0.1) is 6.10 Å². The minimum absolute atomic E-state index is 0.196. The summed E-state index contributed by atoms with van der Waals surface area (Å²) in [7, 11) is 0. The lowest BCUT2D eigenvalue weighted by Gasteiger charge is -2.11. The Kier molecular flexibility index (Phi) is 3.95. The highest BCUT2D eigenvalue weighted by atomic mass is 19.1. The van der Waals surface area contributed by atoms with Crippen LogP contribution in [0.4, 0.5) is 4.39 Å². The van der Waals surface area contributed by atoms with Gasteiger partial charge in [0.1, 0.15) is 11.6 Å². The molecule has 0 saturated carbocycles. The zero-order valence-electron chi connectivity index (χ0n) is 9.88. The van der Waals surface area contributed by atoms with Crippen molar-refractivity contribution in [2.45, 2.75) is 18.9 Å². The average molecular weight is 246 g/mol. The fourth-order valence-corrected chi connectivity index (χ4v) is 1.92. The molecule has 2 rings (SSSR count). The highest BCUT2D eigenvalue weighted by Gasteiger charge is 2.07. The van der Waals surface area contributed by atoms with Crippen molar-refractivity contribution in [2.24, 2.45) is 0 Å². The van der Waals surface area contributed by atoms with Crippen molar-refractivity contribution >= 4 is 0 Å². The van der Waals surface area contributed by atoms with Gasteiger partial charge < -0.3 is 10.2 Å². The van der Waals surface area contributed by atoms with Crippen molar-refractivity contribution in [1.29, 1.82) is 0 Å². The van der Waals surface area contributed by atoms with E-state index in [9.17, 15) is 14.6 Å². The van der Waals surface area contributed by atoms with Crippen LogP contribution in [0.1, 0.15) is 11.1 Å². The topological polar surface area (TPSA) is 40.5 Å². The summed E-state index contributed by atoms with van der Waals surface area (Å²) in [5.41, 5.74) is 1.77. The van der Waals surface area contributed by atoms with Gasteiger partial charge in [-0.05, 0) is 48.2 Å². The molecule has 0 aliphatic rings. The summed E-state index contributed by atoms with van der Waals surface area (Å²) < 4.78 is 12.7. The van der Waals surface area contributed by atoms with Gasteiger partial charge in [-0.25, -0.2) is 4.39 Å². The molecule has 0 aliphatic heterocycles. The zero-order valence-corrected chi connectivity index (χ0v) is 9.88. The Bertz CT molecular complexity index is 508. The first-order chi connectivity index (χ1) is 8.63. The number of benzene rings is 2. The summed E-state index contributed by atoms with van der Waals surface area (Å²) in [6.07, 6.45) is 0.388. The van der Waals surface area contributed by atoms with E-state index >= 15 is 0 Å². The molecule has 2 N–H and O–H groups in total. The Morgan fingerprint density at radius 2 is 1.61 bits per heavy atom. The molecule has 0 amide bonds. The molecule has 1 atom stereocenters. The lowest BCUT2D eigenvalue weighted by Crippen LogP contribution is -2.13. The van der Waals surface area contributed by atoms with Crippen molar-refractivity contribution in [3.05, 3.63) is 65.5 Å². The van der Waals surface area contributed by atoms with Gasteiger partial charge in [0.15, 0.2) is 0 Å². The van der Waals surface area contributed by atoms with Crippen LogP contribution in [-0.4, -0.2) is 16.3 Å². The van der Waals surface area contributed by atoms with Gasteiger partial charge in [0.2, 0.25) is 0 Å². The van der Waals surface area contributed by atoms with Crippen LogP contribution in [-0.2, 0) is 12.8 Å². The minimum atomic E-state index is -0.544. The third-order valence-electron chi connectivity index (χ3n) is 2.77. The van der Waals surface area contributed by atoms with Gasteiger partial charge in [-0.15, -0.1) is 0 Å². The van der Waals surface area contributed by atoms with E-state index in [1.54, 1.807) is 30.3 Å². The van der Waals surface area contributed by atoms with E-state index in [0.29, 0.717) is 12.8 Å². The second-order valence-corrected chi connectivity index (χ2v) is 4.36. The molecule has 0 bridgehead atoms. The van der Waals surface area contributed by atoms with Crippen molar-refractivity contribution in [2.75, 3.05) is 0 Å². The molecule has 0 radical (unpaired) electrons. The Labute approximate surface area is 105 Å². The fraction of sp³-hybridized carbons (Fsp3) is 0.200. The summed E-state index contributed by atoms with van der Waals surface area (Å²) in [6.45, 7) is 0. The van der Waals surface area contributed by atoms with Crippen LogP contribution < -0.4 is 0 Å². The average Bonchev–Trinajstić information content (AvgIpc) is 2.32.